The maximum Gasteiger partial charge on any atom is 0.257 e. The molecule has 2 unspecified atom stereocenters. The van der Waals surface area contributed by atoms with E-state index in [1.165, 1.54) is 49.7 Å². The van der Waals surface area contributed by atoms with Crippen molar-refractivity contribution >= 4 is 85.5 Å². The Morgan fingerprint density at radius 1 is 1.09 bits per heavy atom. The molecule has 0 spiro atoms. The van der Waals surface area contributed by atoms with Crippen LogP contribution in [-0.2, 0) is 4.79 Å². The van der Waals surface area contributed by atoms with Gasteiger partial charge in [-0.3, -0.25) is 9.59 Å². The first kappa shape index (κ1) is 26.0. The number of benzene rings is 2. The van der Waals surface area contributed by atoms with Gasteiger partial charge in [0.15, 0.2) is 0 Å². The molecule has 12 heteroatoms. The zero-order chi connectivity index (χ0) is 25.5. The number of carbonyl (C=O) groups excluding carboxylic acids is 2. The summed E-state index contributed by atoms with van der Waals surface area (Å²) in [5.74, 6) is -2.68. The molecule has 3 aromatic rings. The normalized spacial score (nSPS) is 18.0. The number of carbonyl (C=O) groups is 2. The van der Waals surface area contributed by atoms with E-state index in [2.05, 4.69) is 31.5 Å². The fourth-order valence-corrected chi connectivity index (χ4v) is 5.12. The van der Waals surface area contributed by atoms with Crippen molar-refractivity contribution in [3.05, 3.63) is 80.1 Å². The molecule has 0 saturated heterocycles. The van der Waals surface area contributed by atoms with Gasteiger partial charge in [0.2, 0.25) is 11.8 Å². The largest absolute Gasteiger partial charge is 0.481 e. The van der Waals surface area contributed by atoms with Crippen molar-refractivity contribution in [2.24, 2.45) is 5.92 Å². The molecular formula is C23H15BrCl4FN3O3. The highest BCUT2D eigenvalue weighted by Crippen LogP contribution is 2.65. The Hall–Kier alpha value is -2.10. The number of anilines is 2. The Morgan fingerprint density at radius 3 is 2.51 bits per heavy atom. The van der Waals surface area contributed by atoms with Crippen LogP contribution in [0.2, 0.25) is 10.0 Å². The van der Waals surface area contributed by atoms with Gasteiger partial charge < -0.3 is 15.4 Å². The molecule has 1 aliphatic rings. The molecule has 2 aromatic carbocycles. The van der Waals surface area contributed by atoms with E-state index in [-0.39, 0.29) is 15.6 Å². The van der Waals surface area contributed by atoms with Gasteiger partial charge >= 0.3 is 0 Å². The van der Waals surface area contributed by atoms with Crippen LogP contribution in [0.1, 0.15) is 21.8 Å². The SMILES string of the molecule is COc1cc(NC(=O)c2cc(NC(=O)C3C(c4ccc(F)c(Cl)c4)C3(Cl)Cl)ccc2Cl)c(Br)cn1. The molecule has 1 aliphatic carbocycles. The standard InChI is InChI=1S/C23H15BrCl4FN3O3/c1-35-18-8-17(13(24)9-30-18)32-21(33)12-7-11(3-4-14(12)25)31-22(34)20-19(23(20,27)28)10-2-5-16(29)15(26)6-10/h2-9,19-20H,1H3,(H,31,34)(H,30,32,33). The number of alkyl halides is 2. The lowest BCUT2D eigenvalue weighted by molar-refractivity contribution is -0.117. The maximum absolute atomic E-state index is 13.5. The highest BCUT2D eigenvalue weighted by atomic mass is 79.9. The second-order valence-corrected chi connectivity index (χ2v) is 10.8. The second kappa shape index (κ2) is 10.1. The van der Waals surface area contributed by atoms with Gasteiger partial charge in [-0.15, -0.1) is 23.2 Å². The molecule has 0 radical (unpaired) electrons. The van der Waals surface area contributed by atoms with Crippen LogP contribution >= 0.6 is 62.3 Å². The summed E-state index contributed by atoms with van der Waals surface area (Å²) in [6, 6.07) is 10.1. The lowest BCUT2D eigenvalue weighted by Crippen LogP contribution is -2.18. The highest BCUT2D eigenvalue weighted by molar-refractivity contribution is 9.10. The molecule has 1 saturated carbocycles. The summed E-state index contributed by atoms with van der Waals surface area (Å²) >= 11 is 28.1. The zero-order valence-electron chi connectivity index (χ0n) is 17.7. The minimum atomic E-state index is -1.40. The molecular weight excluding hydrogens is 607 g/mol. The number of ether oxygens (including phenoxy) is 1. The molecule has 2 N–H and O–H groups in total. The summed E-state index contributed by atoms with van der Waals surface area (Å²) in [4.78, 5) is 29.9. The van der Waals surface area contributed by atoms with E-state index in [1.807, 2.05) is 0 Å². The van der Waals surface area contributed by atoms with Crippen LogP contribution in [0.25, 0.3) is 0 Å². The number of methoxy groups -OCH3 is 1. The molecule has 182 valence electrons. The lowest BCUT2D eigenvalue weighted by atomic mass is 10.1. The number of hydrogen-bond donors (Lipinski definition) is 2. The van der Waals surface area contributed by atoms with Crippen molar-refractivity contribution < 1.29 is 18.7 Å². The topological polar surface area (TPSA) is 80.3 Å². The Balaban J connectivity index is 1.51. The van der Waals surface area contributed by atoms with E-state index >= 15 is 0 Å². The van der Waals surface area contributed by atoms with Crippen molar-refractivity contribution in [1.82, 2.24) is 4.98 Å². The first-order valence-corrected chi connectivity index (χ1v) is 12.3. The molecule has 4 rings (SSSR count). The summed E-state index contributed by atoms with van der Waals surface area (Å²) in [6.45, 7) is 0. The average molecular weight is 622 g/mol. The third-order valence-electron chi connectivity index (χ3n) is 5.40. The van der Waals surface area contributed by atoms with Crippen LogP contribution in [-0.4, -0.2) is 28.2 Å². The van der Waals surface area contributed by atoms with Gasteiger partial charge in [0.1, 0.15) is 10.2 Å². The second-order valence-electron chi connectivity index (χ2n) is 7.65. The molecule has 2 amide bonds. The van der Waals surface area contributed by atoms with E-state index < -0.39 is 33.8 Å². The summed E-state index contributed by atoms with van der Waals surface area (Å²) in [7, 11) is 1.45. The fourth-order valence-electron chi connectivity index (χ4n) is 3.59. The van der Waals surface area contributed by atoms with Crippen LogP contribution in [0.3, 0.4) is 0 Å². The number of rotatable bonds is 6. The molecule has 2 atom stereocenters. The van der Waals surface area contributed by atoms with E-state index in [9.17, 15) is 14.0 Å². The monoisotopic (exact) mass is 619 g/mol. The number of nitrogens with one attached hydrogen (secondary N) is 2. The molecule has 0 aliphatic heterocycles. The highest BCUT2D eigenvalue weighted by Gasteiger charge is 2.67. The molecule has 1 heterocycles. The molecule has 1 aromatic heterocycles. The Labute approximate surface area is 228 Å². The van der Waals surface area contributed by atoms with Gasteiger partial charge in [0.25, 0.3) is 5.91 Å². The number of aromatic nitrogens is 1. The summed E-state index contributed by atoms with van der Waals surface area (Å²) in [5.41, 5.74) is 1.38. The van der Waals surface area contributed by atoms with Crippen LogP contribution in [0.15, 0.2) is 53.1 Å². The van der Waals surface area contributed by atoms with Crippen molar-refractivity contribution in [3.63, 3.8) is 0 Å². The van der Waals surface area contributed by atoms with Gasteiger partial charge in [-0.2, -0.15) is 0 Å². The third kappa shape index (κ3) is 5.37. The van der Waals surface area contributed by atoms with Crippen LogP contribution < -0.4 is 15.4 Å². The quantitative estimate of drug-likeness (QED) is 0.288. The van der Waals surface area contributed by atoms with E-state index in [4.69, 9.17) is 51.1 Å². The third-order valence-corrected chi connectivity index (χ3v) is 7.60. The number of amides is 2. The van der Waals surface area contributed by atoms with Crippen molar-refractivity contribution in [2.45, 2.75) is 10.3 Å². The van der Waals surface area contributed by atoms with Gasteiger partial charge in [0, 0.05) is 23.9 Å². The van der Waals surface area contributed by atoms with Crippen LogP contribution in [0.5, 0.6) is 5.88 Å². The summed E-state index contributed by atoms with van der Waals surface area (Å²) in [6.07, 6.45) is 1.48. The van der Waals surface area contributed by atoms with E-state index in [0.29, 0.717) is 27.3 Å². The molecule has 35 heavy (non-hydrogen) atoms. The van der Waals surface area contributed by atoms with Gasteiger partial charge in [-0.1, -0.05) is 29.3 Å². The molecule has 0 bridgehead atoms. The Bertz CT molecular complexity index is 1340. The lowest BCUT2D eigenvalue weighted by Gasteiger charge is -2.12. The van der Waals surface area contributed by atoms with Crippen molar-refractivity contribution in [2.75, 3.05) is 17.7 Å². The minimum Gasteiger partial charge on any atom is -0.481 e. The smallest absolute Gasteiger partial charge is 0.257 e. The number of hydrogen-bond acceptors (Lipinski definition) is 4. The van der Waals surface area contributed by atoms with Crippen molar-refractivity contribution in [1.29, 1.82) is 0 Å². The Kier molecular flexibility index (Phi) is 7.50. The minimum absolute atomic E-state index is 0.0931. The number of nitrogens with zero attached hydrogens (tertiary/aromatic N) is 1. The summed E-state index contributed by atoms with van der Waals surface area (Å²) < 4.78 is 17.7. The number of pyridine rings is 1. The Morgan fingerprint density at radius 2 is 1.83 bits per heavy atom. The molecule has 1 fully saturated rings. The average Bonchev–Trinajstić information content (AvgIpc) is 3.40. The van der Waals surface area contributed by atoms with Crippen LogP contribution in [0, 0.1) is 11.7 Å². The number of halogens is 6. The van der Waals surface area contributed by atoms with E-state index in [1.54, 1.807) is 6.07 Å². The zero-order valence-corrected chi connectivity index (χ0v) is 22.3. The fraction of sp³-hybridized carbons (Fsp3) is 0.174. The summed E-state index contributed by atoms with van der Waals surface area (Å²) in [5, 5.41) is 5.51. The van der Waals surface area contributed by atoms with Gasteiger partial charge in [0.05, 0.1) is 38.8 Å². The molecule has 6 nitrogen and oxygen atoms in total. The van der Waals surface area contributed by atoms with Gasteiger partial charge in [-0.25, -0.2) is 9.37 Å². The predicted molar refractivity (Wildman–Crippen MR) is 139 cm³/mol. The van der Waals surface area contributed by atoms with Crippen LogP contribution in [0.4, 0.5) is 15.8 Å². The van der Waals surface area contributed by atoms with Gasteiger partial charge in [-0.05, 0) is 51.8 Å². The maximum atomic E-state index is 13.5. The first-order chi connectivity index (χ1) is 16.5. The predicted octanol–water partition coefficient (Wildman–Crippen LogP) is 7.08. The first-order valence-electron chi connectivity index (χ1n) is 9.97. The van der Waals surface area contributed by atoms with E-state index in [0.717, 1.165) is 0 Å². The van der Waals surface area contributed by atoms with Crippen molar-refractivity contribution in [3.8, 4) is 5.88 Å².